The maximum Gasteiger partial charge on any atom is 0.255 e. The molecular formula is C17H18N2O3S. The number of fused-ring (bicyclic) bond motifs is 1. The molecule has 1 amide bonds. The number of nitrogens with one attached hydrogen (secondary N) is 1. The first-order valence-corrected chi connectivity index (χ1v) is 9.40. The Kier molecular flexibility index (Phi) is 3.13. The summed E-state index contributed by atoms with van der Waals surface area (Å²) < 4.78 is 24.6. The van der Waals surface area contributed by atoms with Gasteiger partial charge in [-0.2, -0.15) is 0 Å². The molecule has 1 aromatic heterocycles. The van der Waals surface area contributed by atoms with Crippen LogP contribution in [-0.2, 0) is 9.84 Å². The highest BCUT2D eigenvalue weighted by Gasteiger charge is 2.39. The molecule has 4 rings (SSSR count). The van der Waals surface area contributed by atoms with Gasteiger partial charge in [-0.25, -0.2) is 8.42 Å². The van der Waals surface area contributed by atoms with Crippen LogP contribution >= 0.6 is 0 Å². The molecule has 1 aromatic carbocycles. The lowest BCUT2D eigenvalue weighted by Gasteiger charge is -2.24. The van der Waals surface area contributed by atoms with E-state index in [9.17, 15) is 13.2 Å². The molecule has 1 atom stereocenters. The zero-order chi connectivity index (χ0) is 16.2. The minimum atomic E-state index is -3.32. The molecule has 0 bridgehead atoms. The number of benzene rings is 1. The molecule has 23 heavy (non-hydrogen) atoms. The van der Waals surface area contributed by atoms with Crippen molar-refractivity contribution in [2.75, 3.05) is 12.8 Å². The summed E-state index contributed by atoms with van der Waals surface area (Å²) >= 11 is 0. The van der Waals surface area contributed by atoms with E-state index in [0.717, 1.165) is 18.5 Å². The summed E-state index contributed by atoms with van der Waals surface area (Å²) in [6, 6.07) is 8.32. The van der Waals surface area contributed by atoms with Crippen molar-refractivity contribution in [3.63, 3.8) is 0 Å². The SMILES string of the molecule is CN(C(=O)c1cc[nH]c1C1CC1)C1CS(=O)(=O)c2ccccc21. The first-order valence-electron chi connectivity index (χ1n) is 7.75. The zero-order valence-corrected chi connectivity index (χ0v) is 13.6. The minimum absolute atomic E-state index is 0.0439. The van der Waals surface area contributed by atoms with Crippen LogP contribution < -0.4 is 0 Å². The summed E-state index contributed by atoms with van der Waals surface area (Å²) in [5.74, 6) is 0.277. The highest BCUT2D eigenvalue weighted by Crippen LogP contribution is 2.42. The second-order valence-electron chi connectivity index (χ2n) is 6.33. The Morgan fingerprint density at radius 2 is 1.96 bits per heavy atom. The molecule has 2 aromatic rings. The molecule has 2 heterocycles. The molecule has 1 unspecified atom stereocenters. The van der Waals surface area contributed by atoms with Crippen LogP contribution in [0.25, 0.3) is 0 Å². The Labute approximate surface area is 135 Å². The van der Waals surface area contributed by atoms with Crippen molar-refractivity contribution in [2.24, 2.45) is 0 Å². The van der Waals surface area contributed by atoms with Crippen molar-refractivity contribution in [3.8, 4) is 0 Å². The second kappa shape index (κ2) is 4.96. The van der Waals surface area contributed by atoms with Crippen molar-refractivity contribution in [1.29, 1.82) is 0 Å². The van der Waals surface area contributed by atoms with E-state index in [0.29, 0.717) is 21.9 Å². The Hall–Kier alpha value is -2.08. The second-order valence-corrected chi connectivity index (χ2v) is 8.33. The van der Waals surface area contributed by atoms with Gasteiger partial charge in [-0.15, -0.1) is 0 Å². The van der Waals surface area contributed by atoms with Crippen molar-refractivity contribution in [1.82, 2.24) is 9.88 Å². The predicted octanol–water partition coefficient (Wildman–Crippen LogP) is 2.49. The van der Waals surface area contributed by atoms with Gasteiger partial charge in [-0.05, 0) is 36.5 Å². The van der Waals surface area contributed by atoms with Gasteiger partial charge < -0.3 is 9.88 Å². The van der Waals surface area contributed by atoms with E-state index in [1.165, 1.54) is 0 Å². The fourth-order valence-corrected chi connectivity index (χ4v) is 5.20. The topological polar surface area (TPSA) is 70.2 Å². The third-order valence-electron chi connectivity index (χ3n) is 4.77. The molecule has 5 nitrogen and oxygen atoms in total. The van der Waals surface area contributed by atoms with Gasteiger partial charge in [0.25, 0.3) is 5.91 Å². The van der Waals surface area contributed by atoms with E-state index < -0.39 is 15.9 Å². The summed E-state index contributed by atoms with van der Waals surface area (Å²) in [5.41, 5.74) is 2.36. The Bertz CT molecular complexity index is 881. The number of hydrogen-bond donors (Lipinski definition) is 1. The van der Waals surface area contributed by atoms with Crippen LogP contribution in [0.1, 0.15) is 46.4 Å². The van der Waals surface area contributed by atoms with Crippen LogP contribution in [0.5, 0.6) is 0 Å². The monoisotopic (exact) mass is 330 g/mol. The van der Waals surface area contributed by atoms with Gasteiger partial charge >= 0.3 is 0 Å². The summed E-state index contributed by atoms with van der Waals surface area (Å²) in [7, 11) is -1.63. The van der Waals surface area contributed by atoms with E-state index in [1.807, 2.05) is 6.07 Å². The van der Waals surface area contributed by atoms with E-state index in [-0.39, 0.29) is 11.7 Å². The van der Waals surface area contributed by atoms with Crippen LogP contribution in [0.2, 0.25) is 0 Å². The molecule has 0 radical (unpaired) electrons. The van der Waals surface area contributed by atoms with E-state index in [4.69, 9.17) is 0 Å². The third-order valence-corrected chi connectivity index (χ3v) is 6.57. The Morgan fingerprint density at radius 1 is 1.22 bits per heavy atom. The average molecular weight is 330 g/mol. The van der Waals surface area contributed by atoms with Crippen LogP contribution in [0.4, 0.5) is 0 Å². The number of sulfone groups is 1. The summed E-state index contributed by atoms with van der Waals surface area (Å²) in [5, 5.41) is 0. The van der Waals surface area contributed by atoms with Gasteiger partial charge in [0.15, 0.2) is 9.84 Å². The minimum Gasteiger partial charge on any atom is -0.364 e. The number of rotatable bonds is 3. The lowest BCUT2D eigenvalue weighted by atomic mass is 10.1. The lowest BCUT2D eigenvalue weighted by Crippen LogP contribution is -2.32. The summed E-state index contributed by atoms with van der Waals surface area (Å²) in [6.45, 7) is 0. The lowest BCUT2D eigenvalue weighted by molar-refractivity contribution is 0.0745. The molecule has 1 N–H and O–H groups in total. The standard InChI is InChI=1S/C17H18N2O3S/c1-19(17(20)13-8-9-18-16(13)11-6-7-11)14-10-23(21,22)15-5-3-2-4-12(14)15/h2-5,8-9,11,14,18H,6-7,10H2,1H3. The first-order chi connectivity index (χ1) is 11.0. The number of aromatic nitrogens is 1. The van der Waals surface area contributed by atoms with Gasteiger partial charge in [0.05, 0.1) is 22.3 Å². The Morgan fingerprint density at radius 3 is 2.70 bits per heavy atom. The number of carbonyl (C=O) groups is 1. The molecule has 1 aliphatic heterocycles. The maximum atomic E-state index is 12.9. The number of aromatic amines is 1. The predicted molar refractivity (Wildman–Crippen MR) is 86.1 cm³/mol. The van der Waals surface area contributed by atoms with Crippen molar-refractivity contribution < 1.29 is 13.2 Å². The fraction of sp³-hybridized carbons (Fsp3) is 0.353. The molecular weight excluding hydrogens is 312 g/mol. The highest BCUT2D eigenvalue weighted by molar-refractivity contribution is 7.91. The molecule has 1 aliphatic carbocycles. The summed E-state index contributed by atoms with van der Waals surface area (Å²) in [4.78, 5) is 18.0. The van der Waals surface area contributed by atoms with Crippen molar-refractivity contribution in [3.05, 3.63) is 53.3 Å². The van der Waals surface area contributed by atoms with Crippen LogP contribution in [0.15, 0.2) is 41.4 Å². The molecule has 2 aliphatic rings. The molecule has 0 saturated heterocycles. The maximum absolute atomic E-state index is 12.9. The van der Waals surface area contributed by atoms with E-state index >= 15 is 0 Å². The van der Waals surface area contributed by atoms with Gasteiger partial charge in [0.2, 0.25) is 0 Å². The highest BCUT2D eigenvalue weighted by atomic mass is 32.2. The number of carbonyl (C=O) groups excluding carboxylic acids is 1. The van der Waals surface area contributed by atoms with Gasteiger partial charge in [0, 0.05) is 18.9 Å². The smallest absolute Gasteiger partial charge is 0.255 e. The van der Waals surface area contributed by atoms with Crippen LogP contribution in [-0.4, -0.2) is 37.0 Å². The number of amides is 1. The van der Waals surface area contributed by atoms with Gasteiger partial charge in [-0.1, -0.05) is 18.2 Å². The van der Waals surface area contributed by atoms with Gasteiger partial charge in [-0.3, -0.25) is 4.79 Å². The van der Waals surface area contributed by atoms with Crippen LogP contribution in [0, 0.1) is 0 Å². The zero-order valence-electron chi connectivity index (χ0n) is 12.8. The van der Waals surface area contributed by atoms with Crippen molar-refractivity contribution in [2.45, 2.75) is 29.7 Å². The molecule has 1 saturated carbocycles. The first kappa shape index (κ1) is 14.5. The van der Waals surface area contributed by atoms with Crippen LogP contribution in [0.3, 0.4) is 0 Å². The van der Waals surface area contributed by atoms with E-state index in [1.54, 1.807) is 42.4 Å². The Balaban J connectivity index is 1.69. The third kappa shape index (κ3) is 2.28. The molecule has 0 spiro atoms. The number of nitrogens with zero attached hydrogens (tertiary/aromatic N) is 1. The average Bonchev–Trinajstić information content (AvgIpc) is 3.20. The quantitative estimate of drug-likeness (QED) is 0.940. The van der Waals surface area contributed by atoms with Crippen molar-refractivity contribution >= 4 is 15.7 Å². The van der Waals surface area contributed by atoms with Gasteiger partial charge in [0.1, 0.15) is 0 Å². The van der Waals surface area contributed by atoms with E-state index in [2.05, 4.69) is 4.98 Å². The largest absolute Gasteiger partial charge is 0.364 e. The normalized spacial score (nSPS) is 21.9. The molecule has 1 fully saturated rings. The summed E-state index contributed by atoms with van der Waals surface area (Å²) in [6.07, 6.45) is 3.99. The number of hydrogen-bond acceptors (Lipinski definition) is 3. The number of H-pyrrole nitrogens is 1. The molecule has 6 heteroatoms. The fourth-order valence-electron chi connectivity index (χ4n) is 3.36. The molecule has 120 valence electrons.